The maximum absolute atomic E-state index is 11.2. The molecule has 1 N–H and O–H groups in total. The predicted octanol–water partition coefficient (Wildman–Crippen LogP) is 2.67. The van der Waals surface area contributed by atoms with Crippen LogP contribution in [0.25, 0.3) is 0 Å². The molecule has 0 radical (unpaired) electrons. The Bertz CT molecular complexity index is 296. The summed E-state index contributed by atoms with van der Waals surface area (Å²) in [5.74, 6) is 0.111. The molecule has 0 aliphatic heterocycles. The lowest BCUT2D eigenvalue weighted by Gasteiger charge is -2.05. The van der Waals surface area contributed by atoms with Crippen LogP contribution in [0.2, 0.25) is 4.34 Å². The van der Waals surface area contributed by atoms with Crippen LogP contribution < -0.4 is 5.32 Å². The van der Waals surface area contributed by atoms with Crippen LogP contribution in [0.1, 0.15) is 18.7 Å². The van der Waals surface area contributed by atoms with Gasteiger partial charge in [-0.3, -0.25) is 4.79 Å². The Kier molecular flexibility index (Phi) is 3.75. The van der Waals surface area contributed by atoms with Crippen LogP contribution in [0.5, 0.6) is 0 Å². The molecule has 2 nitrogen and oxygen atoms in total. The molecule has 0 fully saturated rings. The maximum Gasteiger partial charge on any atom is 0.222 e. The van der Waals surface area contributed by atoms with E-state index in [2.05, 4.69) is 5.32 Å². The molecule has 13 heavy (non-hydrogen) atoms. The Hall–Kier alpha value is -0.540. The van der Waals surface area contributed by atoms with Crippen molar-refractivity contribution in [3.05, 3.63) is 21.3 Å². The SMILES string of the molecule is CC(C)C(=O)NCc1ccc(Cl)s1. The highest BCUT2D eigenvalue weighted by Crippen LogP contribution is 2.20. The first-order valence-corrected chi connectivity index (χ1v) is 5.31. The number of thiophene rings is 1. The number of halogens is 1. The third-order valence-corrected chi connectivity index (χ3v) is 2.82. The molecule has 0 spiro atoms. The summed E-state index contributed by atoms with van der Waals surface area (Å²) in [6, 6.07) is 3.76. The zero-order valence-electron chi connectivity index (χ0n) is 7.63. The minimum absolute atomic E-state index is 0.0374. The van der Waals surface area contributed by atoms with E-state index in [-0.39, 0.29) is 11.8 Å². The lowest BCUT2D eigenvalue weighted by molar-refractivity contribution is -0.124. The third kappa shape index (κ3) is 3.36. The molecule has 1 rings (SSSR count). The van der Waals surface area contributed by atoms with Gasteiger partial charge in [0.15, 0.2) is 0 Å². The Morgan fingerprint density at radius 2 is 2.31 bits per heavy atom. The second-order valence-electron chi connectivity index (χ2n) is 3.08. The summed E-state index contributed by atoms with van der Waals surface area (Å²) in [6.45, 7) is 4.32. The van der Waals surface area contributed by atoms with Gasteiger partial charge in [0.05, 0.1) is 10.9 Å². The first-order valence-electron chi connectivity index (χ1n) is 4.11. The first-order chi connectivity index (χ1) is 6.09. The largest absolute Gasteiger partial charge is 0.351 e. The van der Waals surface area contributed by atoms with Gasteiger partial charge in [-0.1, -0.05) is 25.4 Å². The van der Waals surface area contributed by atoms with E-state index in [4.69, 9.17) is 11.6 Å². The summed E-state index contributed by atoms with van der Waals surface area (Å²) in [4.78, 5) is 12.3. The van der Waals surface area contributed by atoms with Crippen molar-refractivity contribution >= 4 is 28.8 Å². The molecule has 1 heterocycles. The topological polar surface area (TPSA) is 29.1 Å². The van der Waals surface area contributed by atoms with Crippen molar-refractivity contribution in [1.29, 1.82) is 0 Å². The van der Waals surface area contributed by atoms with Gasteiger partial charge in [0.2, 0.25) is 5.91 Å². The molecular weight excluding hydrogens is 206 g/mol. The highest BCUT2D eigenvalue weighted by atomic mass is 35.5. The second kappa shape index (κ2) is 4.63. The third-order valence-electron chi connectivity index (χ3n) is 1.59. The molecule has 1 aromatic rings. The predicted molar refractivity (Wildman–Crippen MR) is 56.0 cm³/mol. The average Bonchev–Trinajstić information content (AvgIpc) is 2.47. The van der Waals surface area contributed by atoms with E-state index in [1.54, 1.807) is 0 Å². The van der Waals surface area contributed by atoms with E-state index < -0.39 is 0 Å². The fourth-order valence-electron chi connectivity index (χ4n) is 0.825. The van der Waals surface area contributed by atoms with Crippen molar-refractivity contribution in [1.82, 2.24) is 5.32 Å². The van der Waals surface area contributed by atoms with Gasteiger partial charge in [-0.05, 0) is 12.1 Å². The number of hydrogen-bond donors (Lipinski definition) is 1. The number of amides is 1. The Morgan fingerprint density at radius 3 is 2.77 bits per heavy atom. The van der Waals surface area contributed by atoms with E-state index in [0.29, 0.717) is 6.54 Å². The molecule has 72 valence electrons. The van der Waals surface area contributed by atoms with Crippen molar-refractivity contribution in [2.75, 3.05) is 0 Å². The van der Waals surface area contributed by atoms with Gasteiger partial charge in [0, 0.05) is 10.8 Å². The average molecular weight is 218 g/mol. The molecule has 0 unspecified atom stereocenters. The van der Waals surface area contributed by atoms with Gasteiger partial charge in [0.25, 0.3) is 0 Å². The van der Waals surface area contributed by atoms with Gasteiger partial charge < -0.3 is 5.32 Å². The quantitative estimate of drug-likeness (QED) is 0.829. The lowest BCUT2D eigenvalue weighted by Crippen LogP contribution is -2.26. The molecule has 1 aromatic heterocycles. The smallest absolute Gasteiger partial charge is 0.222 e. The van der Waals surface area contributed by atoms with Crippen molar-refractivity contribution < 1.29 is 4.79 Å². The molecule has 0 aliphatic rings. The summed E-state index contributed by atoms with van der Waals surface area (Å²) in [7, 11) is 0. The van der Waals surface area contributed by atoms with Crippen molar-refractivity contribution in [3.63, 3.8) is 0 Å². The summed E-state index contributed by atoms with van der Waals surface area (Å²) in [6.07, 6.45) is 0. The van der Waals surface area contributed by atoms with Crippen LogP contribution >= 0.6 is 22.9 Å². The molecule has 0 saturated carbocycles. The second-order valence-corrected chi connectivity index (χ2v) is 4.88. The fourth-order valence-corrected chi connectivity index (χ4v) is 1.85. The first kappa shape index (κ1) is 10.5. The molecule has 0 aromatic carbocycles. The number of rotatable bonds is 3. The van der Waals surface area contributed by atoms with Crippen molar-refractivity contribution in [3.8, 4) is 0 Å². The van der Waals surface area contributed by atoms with Crippen LogP contribution in [0.3, 0.4) is 0 Å². The monoisotopic (exact) mass is 217 g/mol. The Balaban J connectivity index is 2.39. The molecule has 0 atom stereocenters. The normalized spacial score (nSPS) is 10.5. The molecule has 0 aliphatic carbocycles. The van der Waals surface area contributed by atoms with Gasteiger partial charge in [0.1, 0.15) is 0 Å². The Morgan fingerprint density at radius 1 is 1.62 bits per heavy atom. The van der Waals surface area contributed by atoms with Gasteiger partial charge >= 0.3 is 0 Å². The maximum atomic E-state index is 11.2. The zero-order valence-corrected chi connectivity index (χ0v) is 9.21. The fraction of sp³-hybridized carbons (Fsp3) is 0.444. The molecule has 0 bridgehead atoms. The van der Waals surface area contributed by atoms with Gasteiger partial charge in [-0.25, -0.2) is 0 Å². The van der Waals surface area contributed by atoms with Gasteiger partial charge in [-0.15, -0.1) is 11.3 Å². The lowest BCUT2D eigenvalue weighted by atomic mass is 10.2. The van der Waals surface area contributed by atoms with Crippen LogP contribution in [0.15, 0.2) is 12.1 Å². The number of nitrogens with one attached hydrogen (secondary N) is 1. The zero-order chi connectivity index (χ0) is 9.84. The van der Waals surface area contributed by atoms with Crippen molar-refractivity contribution in [2.24, 2.45) is 5.92 Å². The van der Waals surface area contributed by atoms with E-state index in [0.717, 1.165) is 9.21 Å². The number of carbonyl (C=O) groups excluding carboxylic acids is 1. The molecule has 0 saturated heterocycles. The Labute approximate surface area is 86.9 Å². The van der Waals surface area contributed by atoms with Crippen LogP contribution in [0.4, 0.5) is 0 Å². The van der Waals surface area contributed by atoms with E-state index >= 15 is 0 Å². The highest BCUT2D eigenvalue weighted by Gasteiger charge is 2.06. The molecule has 1 amide bonds. The molecular formula is C9H12ClNOS. The summed E-state index contributed by atoms with van der Waals surface area (Å²) < 4.78 is 0.758. The van der Waals surface area contributed by atoms with Crippen molar-refractivity contribution in [2.45, 2.75) is 20.4 Å². The van der Waals surface area contributed by atoms with E-state index in [1.165, 1.54) is 11.3 Å². The molecule has 4 heteroatoms. The highest BCUT2D eigenvalue weighted by molar-refractivity contribution is 7.16. The summed E-state index contributed by atoms with van der Waals surface area (Å²) in [5.41, 5.74) is 0. The standard InChI is InChI=1S/C9H12ClNOS/c1-6(2)9(12)11-5-7-3-4-8(10)13-7/h3-4,6H,5H2,1-2H3,(H,11,12). The number of carbonyl (C=O) groups is 1. The summed E-state index contributed by atoms with van der Waals surface area (Å²) >= 11 is 7.24. The summed E-state index contributed by atoms with van der Waals surface area (Å²) in [5, 5.41) is 2.82. The van der Waals surface area contributed by atoms with Crippen LogP contribution in [0, 0.1) is 5.92 Å². The minimum Gasteiger partial charge on any atom is -0.351 e. The van der Waals surface area contributed by atoms with E-state index in [1.807, 2.05) is 26.0 Å². The van der Waals surface area contributed by atoms with Crippen LogP contribution in [-0.2, 0) is 11.3 Å². The minimum atomic E-state index is 0.0374. The number of hydrogen-bond acceptors (Lipinski definition) is 2. The van der Waals surface area contributed by atoms with E-state index in [9.17, 15) is 4.79 Å². The van der Waals surface area contributed by atoms with Gasteiger partial charge in [-0.2, -0.15) is 0 Å². The van der Waals surface area contributed by atoms with Crippen LogP contribution in [-0.4, -0.2) is 5.91 Å².